The first-order chi connectivity index (χ1) is 10.1. The lowest BCUT2D eigenvalue weighted by Crippen LogP contribution is -2.53. The van der Waals surface area contributed by atoms with Crippen molar-refractivity contribution in [1.82, 2.24) is 9.88 Å². The predicted octanol–water partition coefficient (Wildman–Crippen LogP) is 2.56. The van der Waals surface area contributed by atoms with Crippen LogP contribution < -0.4 is 0 Å². The highest BCUT2D eigenvalue weighted by molar-refractivity contribution is 8.00. The first-order valence-electron chi connectivity index (χ1n) is 6.73. The van der Waals surface area contributed by atoms with Gasteiger partial charge in [0.05, 0.1) is 6.10 Å². The molecule has 1 aromatic heterocycles. The fourth-order valence-electron chi connectivity index (χ4n) is 2.09. The topological polar surface area (TPSA) is 53.4 Å². The molecule has 1 fully saturated rings. The second kappa shape index (κ2) is 6.17. The van der Waals surface area contributed by atoms with Crippen molar-refractivity contribution in [3.8, 4) is 0 Å². The van der Waals surface area contributed by atoms with E-state index in [1.165, 1.54) is 5.56 Å². The van der Waals surface area contributed by atoms with Crippen molar-refractivity contribution in [3.05, 3.63) is 46.5 Å². The average Bonchev–Trinajstić information content (AvgIpc) is 2.87. The Hall–Kier alpha value is -1.37. The van der Waals surface area contributed by atoms with E-state index in [1.807, 2.05) is 36.6 Å². The third-order valence-corrected chi connectivity index (χ3v) is 5.52. The molecule has 1 aliphatic rings. The molecule has 1 amide bonds. The van der Waals surface area contributed by atoms with Gasteiger partial charge < -0.3 is 10.0 Å². The molecule has 0 bridgehead atoms. The van der Waals surface area contributed by atoms with Crippen LogP contribution >= 0.6 is 23.1 Å². The molecular weight excluding hydrogens is 304 g/mol. The Bertz CT molecular complexity index is 633. The molecule has 2 aromatic rings. The van der Waals surface area contributed by atoms with Crippen LogP contribution in [0.4, 0.5) is 0 Å². The van der Waals surface area contributed by atoms with E-state index in [0.717, 1.165) is 15.8 Å². The Morgan fingerprint density at radius 2 is 2.14 bits per heavy atom. The Kier molecular flexibility index (Phi) is 4.28. The molecule has 21 heavy (non-hydrogen) atoms. The molecule has 0 saturated carbocycles. The lowest BCUT2D eigenvalue weighted by Gasteiger charge is -2.35. The number of aromatic nitrogens is 1. The summed E-state index contributed by atoms with van der Waals surface area (Å²) in [6.45, 7) is 2.88. The molecule has 1 aromatic carbocycles. The van der Waals surface area contributed by atoms with E-state index >= 15 is 0 Å². The van der Waals surface area contributed by atoms with E-state index < -0.39 is 0 Å². The van der Waals surface area contributed by atoms with E-state index in [2.05, 4.69) is 4.98 Å². The fraction of sp³-hybridized carbons (Fsp3) is 0.333. The van der Waals surface area contributed by atoms with E-state index in [1.54, 1.807) is 28.0 Å². The summed E-state index contributed by atoms with van der Waals surface area (Å²) in [6.07, 6.45) is -0.355. The first-order valence-corrected chi connectivity index (χ1v) is 8.59. The summed E-state index contributed by atoms with van der Waals surface area (Å²) in [4.78, 5) is 18.1. The summed E-state index contributed by atoms with van der Waals surface area (Å²) in [6, 6.07) is 7.68. The number of likely N-dealkylation sites (tertiary alicyclic amines) is 1. The number of rotatable bonds is 4. The van der Waals surface area contributed by atoms with Crippen molar-refractivity contribution in [2.45, 2.75) is 23.1 Å². The van der Waals surface area contributed by atoms with Crippen LogP contribution in [-0.4, -0.2) is 40.1 Å². The number of aryl methyl sites for hydroxylation is 1. The zero-order chi connectivity index (χ0) is 14.8. The molecule has 3 rings (SSSR count). The highest BCUT2D eigenvalue weighted by Gasteiger charge is 2.29. The van der Waals surface area contributed by atoms with Crippen LogP contribution in [0.25, 0.3) is 0 Å². The minimum Gasteiger partial charge on any atom is -0.389 e. The van der Waals surface area contributed by atoms with E-state index in [-0.39, 0.29) is 12.0 Å². The molecule has 0 spiro atoms. The van der Waals surface area contributed by atoms with Gasteiger partial charge in [-0.25, -0.2) is 4.98 Å². The number of thiazole rings is 1. The standard InChI is InChI=1S/C15H16N2O2S2/c1-10-8-20-15(16-10)21-9-11-2-4-12(5-3-11)14(19)17-6-13(18)7-17/h2-5,8,13,18H,6-7,9H2,1H3. The number of hydrogen-bond acceptors (Lipinski definition) is 5. The average molecular weight is 320 g/mol. The molecule has 0 radical (unpaired) electrons. The van der Waals surface area contributed by atoms with Gasteiger partial charge in [0.2, 0.25) is 0 Å². The molecule has 6 heteroatoms. The van der Waals surface area contributed by atoms with Crippen LogP contribution in [0.3, 0.4) is 0 Å². The van der Waals surface area contributed by atoms with Crippen LogP contribution in [0.5, 0.6) is 0 Å². The minimum atomic E-state index is -0.355. The van der Waals surface area contributed by atoms with Crippen molar-refractivity contribution < 1.29 is 9.90 Å². The highest BCUT2D eigenvalue weighted by Crippen LogP contribution is 2.26. The number of carbonyl (C=O) groups is 1. The van der Waals surface area contributed by atoms with Crippen molar-refractivity contribution in [3.63, 3.8) is 0 Å². The smallest absolute Gasteiger partial charge is 0.254 e. The van der Waals surface area contributed by atoms with Gasteiger partial charge >= 0.3 is 0 Å². The van der Waals surface area contributed by atoms with Crippen molar-refractivity contribution in [1.29, 1.82) is 0 Å². The monoisotopic (exact) mass is 320 g/mol. The van der Waals surface area contributed by atoms with Gasteiger partial charge in [0, 0.05) is 35.5 Å². The number of benzene rings is 1. The number of β-amino-alcohol motifs (C(OH)–C–C–N with tert-alkyl or cyclic N) is 1. The summed E-state index contributed by atoms with van der Waals surface area (Å²) in [5.41, 5.74) is 2.91. The van der Waals surface area contributed by atoms with Gasteiger partial charge in [0.15, 0.2) is 0 Å². The predicted molar refractivity (Wildman–Crippen MR) is 84.8 cm³/mol. The summed E-state index contributed by atoms with van der Waals surface area (Å²) in [5, 5.41) is 11.3. The molecule has 2 heterocycles. The number of carbonyl (C=O) groups excluding carboxylic acids is 1. The zero-order valence-corrected chi connectivity index (χ0v) is 13.3. The Labute approximate surface area is 131 Å². The number of aliphatic hydroxyl groups excluding tert-OH is 1. The third kappa shape index (κ3) is 3.45. The summed E-state index contributed by atoms with van der Waals surface area (Å²) < 4.78 is 1.07. The third-order valence-electron chi connectivity index (χ3n) is 3.31. The lowest BCUT2D eigenvalue weighted by molar-refractivity contribution is 0.00589. The number of thioether (sulfide) groups is 1. The van der Waals surface area contributed by atoms with Gasteiger partial charge in [-0.2, -0.15) is 0 Å². The molecule has 0 aliphatic carbocycles. The lowest BCUT2D eigenvalue weighted by atomic mass is 10.1. The molecular formula is C15H16N2O2S2. The van der Waals surface area contributed by atoms with Crippen LogP contribution in [0.2, 0.25) is 0 Å². The van der Waals surface area contributed by atoms with Crippen LogP contribution in [0.15, 0.2) is 34.0 Å². The summed E-state index contributed by atoms with van der Waals surface area (Å²) in [7, 11) is 0. The van der Waals surface area contributed by atoms with Gasteiger partial charge in [-0.05, 0) is 24.6 Å². The molecule has 110 valence electrons. The molecule has 4 nitrogen and oxygen atoms in total. The molecule has 1 N–H and O–H groups in total. The van der Waals surface area contributed by atoms with Gasteiger partial charge in [0.1, 0.15) is 4.34 Å². The summed E-state index contributed by atoms with van der Waals surface area (Å²) >= 11 is 3.37. The number of nitrogens with zero attached hydrogens (tertiary/aromatic N) is 2. The normalized spacial score (nSPS) is 15.0. The Balaban J connectivity index is 1.57. The number of amides is 1. The Morgan fingerprint density at radius 3 is 2.71 bits per heavy atom. The minimum absolute atomic E-state index is 0.00458. The van der Waals surface area contributed by atoms with E-state index in [0.29, 0.717) is 18.7 Å². The first kappa shape index (κ1) is 14.6. The van der Waals surface area contributed by atoms with Gasteiger partial charge in [-0.15, -0.1) is 11.3 Å². The second-order valence-corrected chi connectivity index (χ2v) is 7.18. The van der Waals surface area contributed by atoms with Crippen LogP contribution in [-0.2, 0) is 5.75 Å². The maximum absolute atomic E-state index is 12.1. The summed E-state index contributed by atoms with van der Waals surface area (Å²) in [5.74, 6) is 0.846. The van der Waals surface area contributed by atoms with Gasteiger partial charge in [-0.3, -0.25) is 4.79 Å². The molecule has 1 aliphatic heterocycles. The highest BCUT2D eigenvalue weighted by atomic mass is 32.2. The molecule has 0 unspecified atom stereocenters. The van der Waals surface area contributed by atoms with Crippen LogP contribution in [0.1, 0.15) is 21.6 Å². The maximum atomic E-state index is 12.1. The van der Waals surface area contributed by atoms with Crippen molar-refractivity contribution in [2.75, 3.05) is 13.1 Å². The molecule has 1 saturated heterocycles. The molecule has 0 atom stereocenters. The van der Waals surface area contributed by atoms with E-state index in [9.17, 15) is 9.90 Å². The van der Waals surface area contributed by atoms with Crippen molar-refractivity contribution >= 4 is 29.0 Å². The second-order valence-electron chi connectivity index (χ2n) is 5.10. The van der Waals surface area contributed by atoms with E-state index in [4.69, 9.17) is 0 Å². The van der Waals surface area contributed by atoms with Crippen molar-refractivity contribution in [2.24, 2.45) is 0 Å². The largest absolute Gasteiger partial charge is 0.389 e. The number of aliphatic hydroxyl groups is 1. The SMILES string of the molecule is Cc1csc(SCc2ccc(C(=O)N3CC(O)C3)cc2)n1. The quantitative estimate of drug-likeness (QED) is 0.880. The Morgan fingerprint density at radius 1 is 1.43 bits per heavy atom. The zero-order valence-electron chi connectivity index (χ0n) is 11.7. The maximum Gasteiger partial charge on any atom is 0.254 e. The number of hydrogen-bond donors (Lipinski definition) is 1. The van der Waals surface area contributed by atoms with Gasteiger partial charge in [-0.1, -0.05) is 23.9 Å². The fourth-order valence-corrected chi connectivity index (χ4v) is 3.90. The van der Waals surface area contributed by atoms with Gasteiger partial charge in [0.25, 0.3) is 5.91 Å². The van der Waals surface area contributed by atoms with Crippen LogP contribution in [0, 0.1) is 6.92 Å².